The zero-order valence-electron chi connectivity index (χ0n) is 15.7. The molecule has 0 aliphatic rings. The largest absolute Gasteiger partial charge is 0.380 e. The maximum absolute atomic E-state index is 12.8. The predicted molar refractivity (Wildman–Crippen MR) is 106 cm³/mol. The van der Waals surface area contributed by atoms with Crippen molar-refractivity contribution in [2.45, 2.75) is 31.3 Å². The highest BCUT2D eigenvalue weighted by Crippen LogP contribution is 2.23. The van der Waals surface area contributed by atoms with Gasteiger partial charge in [0, 0.05) is 25.0 Å². The second kappa shape index (κ2) is 8.98. The Labute approximate surface area is 160 Å². The van der Waals surface area contributed by atoms with E-state index in [1.165, 1.54) is 13.2 Å². The minimum absolute atomic E-state index is 0.0878. The molecule has 0 aromatic heterocycles. The summed E-state index contributed by atoms with van der Waals surface area (Å²) in [5.41, 5.74) is 7.91. The highest BCUT2D eigenvalue weighted by molar-refractivity contribution is 7.92. The highest BCUT2D eigenvalue weighted by Gasteiger charge is 2.19. The quantitative estimate of drug-likeness (QED) is 0.640. The molecule has 0 aliphatic heterocycles. The van der Waals surface area contributed by atoms with Crippen LogP contribution in [0.1, 0.15) is 17.5 Å². The van der Waals surface area contributed by atoms with E-state index in [0.29, 0.717) is 16.9 Å². The number of ether oxygens (including phenoxy) is 1. The van der Waals surface area contributed by atoms with E-state index in [9.17, 15) is 13.2 Å². The van der Waals surface area contributed by atoms with Crippen molar-refractivity contribution in [2.24, 2.45) is 5.73 Å². The first-order valence-electron chi connectivity index (χ1n) is 8.48. The molecular weight excluding hydrogens is 366 g/mol. The zero-order chi connectivity index (χ0) is 20.0. The van der Waals surface area contributed by atoms with Gasteiger partial charge in [0.2, 0.25) is 5.91 Å². The number of aryl methyl sites for hydroxylation is 2. The Kier molecular flexibility index (Phi) is 6.95. The van der Waals surface area contributed by atoms with Gasteiger partial charge in [-0.15, -0.1) is 0 Å². The SMILES string of the molecule is COC(CN)CC(=O)Nc1ccc(C)c(S(=O)(=O)Nc2cccc(C)c2)c1. The molecule has 2 aromatic rings. The van der Waals surface area contributed by atoms with Crippen molar-refractivity contribution in [2.75, 3.05) is 23.7 Å². The monoisotopic (exact) mass is 391 g/mol. The lowest BCUT2D eigenvalue weighted by Crippen LogP contribution is -2.28. The molecule has 0 radical (unpaired) electrons. The molecule has 0 bridgehead atoms. The van der Waals surface area contributed by atoms with E-state index in [-0.39, 0.29) is 29.9 Å². The number of benzene rings is 2. The molecular formula is C19H25N3O4S. The first kappa shape index (κ1) is 20.9. The second-order valence-corrected chi connectivity index (χ2v) is 7.95. The van der Waals surface area contributed by atoms with Gasteiger partial charge in [-0.2, -0.15) is 0 Å². The number of carbonyl (C=O) groups is 1. The van der Waals surface area contributed by atoms with Crippen molar-refractivity contribution in [3.63, 3.8) is 0 Å². The first-order valence-corrected chi connectivity index (χ1v) is 9.96. The number of anilines is 2. The van der Waals surface area contributed by atoms with Gasteiger partial charge in [-0.3, -0.25) is 9.52 Å². The molecule has 0 aliphatic carbocycles. The summed E-state index contributed by atoms with van der Waals surface area (Å²) >= 11 is 0. The van der Waals surface area contributed by atoms with Crippen LogP contribution in [-0.2, 0) is 19.6 Å². The maximum Gasteiger partial charge on any atom is 0.262 e. The summed E-state index contributed by atoms with van der Waals surface area (Å²) in [6.07, 6.45) is -0.300. The molecule has 1 amide bonds. The topological polar surface area (TPSA) is 111 Å². The van der Waals surface area contributed by atoms with Gasteiger partial charge >= 0.3 is 0 Å². The molecule has 0 fully saturated rings. The Morgan fingerprint density at radius 2 is 1.89 bits per heavy atom. The Bertz CT molecular complexity index is 909. The minimum Gasteiger partial charge on any atom is -0.380 e. The first-order chi connectivity index (χ1) is 12.7. The summed E-state index contributed by atoms with van der Waals surface area (Å²) in [6.45, 7) is 3.80. The van der Waals surface area contributed by atoms with Crippen LogP contribution in [0.25, 0.3) is 0 Å². The molecule has 2 aromatic carbocycles. The number of hydrogen-bond donors (Lipinski definition) is 3. The Hall–Kier alpha value is -2.42. The molecule has 0 saturated heterocycles. The number of nitrogens with one attached hydrogen (secondary N) is 2. The maximum atomic E-state index is 12.8. The van der Waals surface area contributed by atoms with Gasteiger partial charge in [-0.25, -0.2) is 8.42 Å². The van der Waals surface area contributed by atoms with Gasteiger partial charge in [-0.1, -0.05) is 18.2 Å². The molecule has 27 heavy (non-hydrogen) atoms. The van der Waals surface area contributed by atoms with E-state index in [4.69, 9.17) is 10.5 Å². The molecule has 1 unspecified atom stereocenters. The fourth-order valence-electron chi connectivity index (χ4n) is 2.57. The average molecular weight is 391 g/mol. The van der Waals surface area contributed by atoms with Crippen molar-refractivity contribution in [1.29, 1.82) is 0 Å². The van der Waals surface area contributed by atoms with Crippen LogP contribution in [0.4, 0.5) is 11.4 Å². The zero-order valence-corrected chi connectivity index (χ0v) is 16.5. The number of sulfonamides is 1. The second-order valence-electron chi connectivity index (χ2n) is 6.30. The standard InChI is InChI=1S/C19H25N3O4S/c1-13-5-4-6-16(9-13)22-27(24,25)18-10-15(8-7-14(18)2)21-19(23)11-17(12-20)26-3/h4-10,17,22H,11-12,20H2,1-3H3,(H,21,23). The smallest absolute Gasteiger partial charge is 0.262 e. The van der Waals surface area contributed by atoms with Crippen LogP contribution in [0, 0.1) is 13.8 Å². The predicted octanol–water partition coefficient (Wildman–Crippen LogP) is 2.41. The van der Waals surface area contributed by atoms with Crippen molar-refractivity contribution < 1.29 is 17.9 Å². The van der Waals surface area contributed by atoms with Crippen molar-refractivity contribution >= 4 is 27.3 Å². The van der Waals surface area contributed by atoms with Crippen molar-refractivity contribution in [1.82, 2.24) is 0 Å². The molecule has 4 N–H and O–H groups in total. The summed E-state index contributed by atoms with van der Waals surface area (Å²) in [5, 5.41) is 2.69. The summed E-state index contributed by atoms with van der Waals surface area (Å²) in [5.74, 6) is -0.300. The van der Waals surface area contributed by atoms with Crippen LogP contribution in [0.5, 0.6) is 0 Å². The Morgan fingerprint density at radius 3 is 2.52 bits per heavy atom. The third-order valence-electron chi connectivity index (χ3n) is 4.04. The third-order valence-corrected chi connectivity index (χ3v) is 5.56. The Morgan fingerprint density at radius 1 is 1.15 bits per heavy atom. The van der Waals surface area contributed by atoms with Gasteiger partial charge in [0.25, 0.3) is 10.0 Å². The lowest BCUT2D eigenvalue weighted by atomic mass is 10.2. The normalized spacial score (nSPS) is 12.4. The molecule has 7 nitrogen and oxygen atoms in total. The molecule has 2 rings (SSSR count). The average Bonchev–Trinajstić information content (AvgIpc) is 2.60. The number of nitrogens with two attached hydrogens (primary N) is 1. The molecule has 146 valence electrons. The van der Waals surface area contributed by atoms with E-state index in [0.717, 1.165) is 5.56 Å². The van der Waals surface area contributed by atoms with Gasteiger partial charge in [0.1, 0.15) is 0 Å². The number of hydrogen-bond acceptors (Lipinski definition) is 5. The van der Waals surface area contributed by atoms with E-state index >= 15 is 0 Å². The van der Waals surface area contributed by atoms with Crippen LogP contribution in [0.15, 0.2) is 47.4 Å². The van der Waals surface area contributed by atoms with Gasteiger partial charge in [-0.05, 0) is 49.2 Å². The van der Waals surface area contributed by atoms with Crippen LogP contribution in [0.3, 0.4) is 0 Å². The number of carbonyl (C=O) groups excluding carboxylic acids is 1. The molecule has 1 atom stereocenters. The van der Waals surface area contributed by atoms with E-state index in [1.807, 2.05) is 13.0 Å². The summed E-state index contributed by atoms with van der Waals surface area (Å²) in [7, 11) is -2.31. The lowest BCUT2D eigenvalue weighted by Gasteiger charge is -2.15. The van der Waals surface area contributed by atoms with Crippen molar-refractivity contribution in [3.8, 4) is 0 Å². The molecule has 0 saturated carbocycles. The Balaban J connectivity index is 2.22. The van der Waals surface area contributed by atoms with Gasteiger partial charge < -0.3 is 15.8 Å². The molecule has 0 heterocycles. The van der Waals surface area contributed by atoms with Crippen LogP contribution in [-0.4, -0.2) is 34.1 Å². The minimum atomic E-state index is -3.80. The fraction of sp³-hybridized carbons (Fsp3) is 0.316. The summed E-state index contributed by atoms with van der Waals surface area (Å²) < 4.78 is 33.2. The summed E-state index contributed by atoms with van der Waals surface area (Å²) in [6, 6.07) is 11.8. The highest BCUT2D eigenvalue weighted by atomic mass is 32.2. The summed E-state index contributed by atoms with van der Waals surface area (Å²) in [4.78, 5) is 12.2. The van der Waals surface area contributed by atoms with E-state index < -0.39 is 10.0 Å². The van der Waals surface area contributed by atoms with Gasteiger partial charge in [0.15, 0.2) is 0 Å². The lowest BCUT2D eigenvalue weighted by molar-refractivity contribution is -0.118. The molecule has 0 spiro atoms. The van der Waals surface area contributed by atoms with Crippen LogP contribution in [0.2, 0.25) is 0 Å². The van der Waals surface area contributed by atoms with E-state index in [1.54, 1.807) is 37.3 Å². The van der Waals surface area contributed by atoms with Crippen molar-refractivity contribution in [3.05, 3.63) is 53.6 Å². The number of amides is 1. The van der Waals surface area contributed by atoms with Crippen LogP contribution >= 0.6 is 0 Å². The van der Waals surface area contributed by atoms with E-state index in [2.05, 4.69) is 10.0 Å². The van der Waals surface area contributed by atoms with Crippen LogP contribution < -0.4 is 15.8 Å². The van der Waals surface area contributed by atoms with Gasteiger partial charge in [0.05, 0.1) is 17.4 Å². The molecule has 8 heteroatoms. The number of rotatable bonds is 8. The number of methoxy groups -OCH3 is 1. The third kappa shape index (κ3) is 5.78. The fourth-order valence-corrected chi connectivity index (χ4v) is 3.89.